The number of hydrogen-bond acceptors (Lipinski definition) is 3. The summed E-state index contributed by atoms with van der Waals surface area (Å²) in [5, 5.41) is 0. The average Bonchev–Trinajstić information content (AvgIpc) is 3.64. The molecule has 3 heteroatoms. The van der Waals surface area contributed by atoms with Gasteiger partial charge in [0.1, 0.15) is 11.5 Å². The van der Waals surface area contributed by atoms with Crippen LogP contribution in [0.5, 0.6) is 11.5 Å². The van der Waals surface area contributed by atoms with Crippen LogP contribution in [0.15, 0.2) is 231 Å². The molecule has 0 saturated heterocycles. The Morgan fingerprint density at radius 2 is 0.694 bits per heavy atom. The Hall–Kier alpha value is -8.14. The SMILES string of the molecule is c1ccc(-c2ccc(-c3cc(-c4ccc(-c5cccc(-c6ccc7c(c6)C6(c8ccccc8Oc8ccccc86)c6ccccc6-7)c5)cc4)nc(-c4ccccc4)n3)cc2)cc1. The molecule has 1 spiro atoms. The number of hydrogen-bond donors (Lipinski definition) is 0. The van der Waals surface area contributed by atoms with Gasteiger partial charge in [-0.3, -0.25) is 0 Å². The largest absolute Gasteiger partial charge is 0.457 e. The molecule has 0 saturated carbocycles. The van der Waals surface area contributed by atoms with Crippen LogP contribution in [0, 0.1) is 0 Å². The van der Waals surface area contributed by atoms with Crippen LogP contribution >= 0.6 is 0 Å². The topological polar surface area (TPSA) is 35.0 Å². The maximum Gasteiger partial charge on any atom is 0.160 e. The minimum absolute atomic E-state index is 0.506. The van der Waals surface area contributed by atoms with E-state index >= 15 is 0 Å². The van der Waals surface area contributed by atoms with Crippen LogP contribution in [0.4, 0.5) is 0 Å². The first-order chi connectivity index (χ1) is 30.7. The van der Waals surface area contributed by atoms with Gasteiger partial charge in [-0.1, -0.05) is 200 Å². The molecule has 0 atom stereocenters. The van der Waals surface area contributed by atoms with E-state index in [-0.39, 0.29) is 0 Å². The molecular formula is C59H38N2O. The maximum atomic E-state index is 6.57. The molecule has 0 fully saturated rings. The smallest absolute Gasteiger partial charge is 0.160 e. The third kappa shape index (κ3) is 5.82. The van der Waals surface area contributed by atoms with Crippen molar-refractivity contribution in [3.05, 3.63) is 253 Å². The minimum Gasteiger partial charge on any atom is -0.457 e. The summed E-state index contributed by atoms with van der Waals surface area (Å²) < 4.78 is 6.57. The van der Waals surface area contributed by atoms with E-state index in [9.17, 15) is 0 Å². The molecule has 1 aromatic heterocycles. The number of ether oxygens (including phenoxy) is 1. The van der Waals surface area contributed by atoms with E-state index in [0.717, 1.165) is 50.7 Å². The van der Waals surface area contributed by atoms with Gasteiger partial charge < -0.3 is 4.74 Å². The van der Waals surface area contributed by atoms with Crippen LogP contribution in [0.2, 0.25) is 0 Å². The highest BCUT2D eigenvalue weighted by molar-refractivity contribution is 5.90. The number of fused-ring (bicyclic) bond motifs is 9. The Kier molecular flexibility index (Phi) is 8.39. The third-order valence-corrected chi connectivity index (χ3v) is 12.6. The molecule has 3 nitrogen and oxygen atoms in total. The second-order valence-corrected chi connectivity index (χ2v) is 16.1. The predicted molar refractivity (Wildman–Crippen MR) is 252 cm³/mol. The molecule has 0 unspecified atom stereocenters. The second-order valence-electron chi connectivity index (χ2n) is 16.1. The van der Waals surface area contributed by atoms with E-state index in [2.05, 4.69) is 206 Å². The summed E-state index contributed by atoms with van der Waals surface area (Å²) in [5.41, 5.74) is 18.8. The molecular weight excluding hydrogens is 753 g/mol. The molecule has 1 aliphatic carbocycles. The van der Waals surface area contributed by atoms with E-state index in [1.807, 2.05) is 24.3 Å². The molecule has 62 heavy (non-hydrogen) atoms. The summed E-state index contributed by atoms with van der Waals surface area (Å²) in [6.07, 6.45) is 0. The van der Waals surface area contributed by atoms with Gasteiger partial charge in [-0.05, 0) is 86.0 Å². The molecule has 0 bridgehead atoms. The van der Waals surface area contributed by atoms with Gasteiger partial charge in [-0.25, -0.2) is 9.97 Å². The van der Waals surface area contributed by atoms with Crippen molar-refractivity contribution in [1.82, 2.24) is 9.97 Å². The van der Waals surface area contributed by atoms with Gasteiger partial charge in [0.2, 0.25) is 0 Å². The lowest BCUT2D eigenvalue weighted by atomic mass is 9.66. The van der Waals surface area contributed by atoms with Crippen molar-refractivity contribution in [2.75, 3.05) is 0 Å². The Balaban J connectivity index is 0.912. The van der Waals surface area contributed by atoms with Crippen molar-refractivity contribution in [3.8, 4) is 89.9 Å². The molecule has 0 N–H and O–H groups in total. The fourth-order valence-corrected chi connectivity index (χ4v) is 9.67. The van der Waals surface area contributed by atoms with Crippen LogP contribution in [0.1, 0.15) is 22.3 Å². The summed E-state index contributed by atoms with van der Waals surface area (Å²) in [6.45, 7) is 0. The molecule has 2 heterocycles. The summed E-state index contributed by atoms with van der Waals surface area (Å²) in [6, 6.07) is 82.1. The Bertz CT molecular complexity index is 3260. The Labute approximate surface area is 361 Å². The Morgan fingerprint density at radius 3 is 1.32 bits per heavy atom. The number of aromatic nitrogens is 2. The summed E-state index contributed by atoms with van der Waals surface area (Å²) >= 11 is 0. The number of rotatable bonds is 6. The van der Waals surface area contributed by atoms with Gasteiger partial charge in [0.05, 0.1) is 16.8 Å². The fourth-order valence-electron chi connectivity index (χ4n) is 9.67. The van der Waals surface area contributed by atoms with Crippen LogP contribution in [-0.4, -0.2) is 9.97 Å². The highest BCUT2D eigenvalue weighted by Crippen LogP contribution is 2.62. The molecule has 0 amide bonds. The third-order valence-electron chi connectivity index (χ3n) is 12.6. The zero-order valence-corrected chi connectivity index (χ0v) is 33.7. The van der Waals surface area contributed by atoms with E-state index in [1.165, 1.54) is 55.6 Å². The number of benzene rings is 9. The van der Waals surface area contributed by atoms with Crippen LogP contribution < -0.4 is 4.74 Å². The summed E-state index contributed by atoms with van der Waals surface area (Å²) in [7, 11) is 0. The first-order valence-electron chi connectivity index (χ1n) is 21.1. The van der Waals surface area contributed by atoms with Crippen LogP contribution in [0.3, 0.4) is 0 Å². The maximum absolute atomic E-state index is 6.57. The van der Waals surface area contributed by atoms with Gasteiger partial charge in [-0.2, -0.15) is 0 Å². The van der Waals surface area contributed by atoms with E-state index in [4.69, 9.17) is 14.7 Å². The van der Waals surface area contributed by atoms with Gasteiger partial charge in [0.15, 0.2) is 5.82 Å². The molecule has 9 aromatic carbocycles. The van der Waals surface area contributed by atoms with E-state index in [1.54, 1.807) is 0 Å². The first kappa shape index (κ1) is 35.8. The standard InChI is InChI=1S/C59H38N2O/c1-3-14-39(15-4-1)40-26-30-42(31-27-40)54-38-55(61-58(60-54)44-16-5-2-6-17-44)43-32-28-41(29-33-43)45-18-13-19-46(36-45)47-34-35-49-48-20-7-8-21-50(48)59(53(49)37-47)51-22-9-11-24-56(51)62-57-25-12-10-23-52(57)59/h1-38H. The van der Waals surface area contributed by atoms with Crippen LogP contribution in [0.25, 0.3) is 78.4 Å². The van der Waals surface area contributed by atoms with Crippen molar-refractivity contribution in [2.45, 2.75) is 5.41 Å². The predicted octanol–water partition coefficient (Wildman–Crippen LogP) is 14.9. The monoisotopic (exact) mass is 790 g/mol. The van der Waals surface area contributed by atoms with Gasteiger partial charge in [-0.15, -0.1) is 0 Å². The lowest BCUT2D eigenvalue weighted by Gasteiger charge is -2.39. The van der Waals surface area contributed by atoms with Crippen molar-refractivity contribution in [2.24, 2.45) is 0 Å². The second kappa shape index (κ2) is 14.5. The first-order valence-corrected chi connectivity index (χ1v) is 21.1. The van der Waals surface area contributed by atoms with Crippen molar-refractivity contribution in [3.63, 3.8) is 0 Å². The van der Waals surface area contributed by atoms with Gasteiger partial charge in [0, 0.05) is 27.8 Å². The normalized spacial score (nSPS) is 12.8. The van der Waals surface area contributed by atoms with E-state index in [0.29, 0.717) is 5.82 Å². The molecule has 2 aliphatic rings. The fraction of sp³-hybridized carbons (Fsp3) is 0.0169. The summed E-state index contributed by atoms with van der Waals surface area (Å²) in [5.74, 6) is 2.50. The average molecular weight is 791 g/mol. The lowest BCUT2D eigenvalue weighted by Crippen LogP contribution is -2.32. The van der Waals surface area contributed by atoms with Crippen molar-refractivity contribution < 1.29 is 4.74 Å². The zero-order valence-electron chi connectivity index (χ0n) is 33.7. The lowest BCUT2D eigenvalue weighted by molar-refractivity contribution is 0.436. The number of nitrogens with zero attached hydrogens (tertiary/aromatic N) is 2. The van der Waals surface area contributed by atoms with Crippen molar-refractivity contribution >= 4 is 0 Å². The molecule has 10 aromatic rings. The highest BCUT2D eigenvalue weighted by Gasteiger charge is 2.51. The Morgan fingerprint density at radius 1 is 0.274 bits per heavy atom. The van der Waals surface area contributed by atoms with E-state index < -0.39 is 5.41 Å². The zero-order chi connectivity index (χ0) is 41.0. The number of para-hydroxylation sites is 2. The highest BCUT2D eigenvalue weighted by atomic mass is 16.5. The molecule has 12 rings (SSSR count). The molecule has 0 radical (unpaired) electrons. The summed E-state index contributed by atoms with van der Waals surface area (Å²) in [4.78, 5) is 10.2. The van der Waals surface area contributed by atoms with Gasteiger partial charge >= 0.3 is 0 Å². The van der Waals surface area contributed by atoms with Gasteiger partial charge in [0.25, 0.3) is 0 Å². The molecule has 290 valence electrons. The minimum atomic E-state index is -0.506. The quantitative estimate of drug-likeness (QED) is 0.168. The molecule has 1 aliphatic heterocycles. The van der Waals surface area contributed by atoms with Crippen LogP contribution in [-0.2, 0) is 5.41 Å². The van der Waals surface area contributed by atoms with Crippen molar-refractivity contribution in [1.29, 1.82) is 0 Å².